The minimum Gasteiger partial charge on any atom is -0.480 e. The molecule has 2 atom stereocenters. The number of hydrogen-bond acceptors (Lipinski definition) is 8. The van der Waals surface area contributed by atoms with E-state index in [4.69, 9.17) is 10.5 Å². The molecule has 2 aliphatic rings. The molecule has 1 spiro atoms. The third-order valence-electron chi connectivity index (χ3n) is 8.94. The van der Waals surface area contributed by atoms with Gasteiger partial charge in [0.25, 0.3) is 0 Å². The fourth-order valence-corrected chi connectivity index (χ4v) is 6.38. The van der Waals surface area contributed by atoms with Gasteiger partial charge >= 0.3 is 18.3 Å². The van der Waals surface area contributed by atoms with E-state index in [0.717, 1.165) is 16.8 Å². The van der Waals surface area contributed by atoms with Crippen LogP contribution in [0.2, 0.25) is 0 Å². The average Bonchev–Trinajstić information content (AvgIpc) is 3.65. The Bertz CT molecular complexity index is 1870. The van der Waals surface area contributed by atoms with E-state index < -0.39 is 53.3 Å². The minimum atomic E-state index is -5.02. The second kappa shape index (κ2) is 12.5. The van der Waals surface area contributed by atoms with Crippen molar-refractivity contribution in [1.82, 2.24) is 25.1 Å². The largest absolute Gasteiger partial charge is 0.480 e. The summed E-state index contributed by atoms with van der Waals surface area (Å²) >= 11 is 0. The number of nitrogen functional groups attached to an aromatic ring is 1. The Balaban J connectivity index is 1.33. The van der Waals surface area contributed by atoms with E-state index in [9.17, 15) is 40.6 Å². The number of halogens is 7. The highest BCUT2D eigenvalue weighted by molar-refractivity contribution is 5.74. The Kier molecular flexibility index (Phi) is 8.67. The maximum absolute atomic E-state index is 14.8. The molecule has 2 saturated heterocycles. The molecule has 10 nitrogen and oxygen atoms in total. The lowest BCUT2D eigenvalue weighted by atomic mass is 9.76. The zero-order chi connectivity index (χ0) is 35.3. The lowest BCUT2D eigenvalue weighted by Gasteiger charge is -2.39. The summed E-state index contributed by atoms with van der Waals surface area (Å²) in [5.41, 5.74) is 4.01. The molecule has 0 saturated carbocycles. The molecular formula is C32H30F7N7O3. The van der Waals surface area contributed by atoms with Crippen molar-refractivity contribution in [3.8, 4) is 22.7 Å². The second-order valence-electron chi connectivity index (χ2n) is 12.3. The summed E-state index contributed by atoms with van der Waals surface area (Å²) in [7, 11) is 0. The number of nitrogens with one attached hydrogen (secondary N) is 1. The number of aliphatic carboxylic acids is 1. The number of nitrogens with two attached hydrogens (primary N) is 1. The Morgan fingerprint density at radius 2 is 1.73 bits per heavy atom. The number of piperidine rings is 1. The molecule has 4 N–H and O–H groups in total. The quantitative estimate of drug-likeness (QED) is 0.197. The van der Waals surface area contributed by atoms with Crippen molar-refractivity contribution in [1.29, 1.82) is 0 Å². The number of ether oxygens (including phenoxy) is 1. The van der Waals surface area contributed by atoms with Gasteiger partial charge in [0.1, 0.15) is 17.7 Å². The van der Waals surface area contributed by atoms with Gasteiger partial charge in [-0.05, 0) is 67.0 Å². The third-order valence-corrected chi connectivity index (χ3v) is 8.94. The van der Waals surface area contributed by atoms with Gasteiger partial charge in [-0.25, -0.2) is 9.07 Å². The minimum absolute atomic E-state index is 0.0712. The van der Waals surface area contributed by atoms with E-state index >= 15 is 0 Å². The SMILES string of the molecule is Cc1ccn(-c2cc(-c3ccc(F)c(C(F)(F)F)c3)ccc2C(Oc2cc(N3CCC4(CC3)CNC(C(=O)O)C4)nc(N)n2)C(F)(F)F)n1. The summed E-state index contributed by atoms with van der Waals surface area (Å²) < 4.78 is 105. The number of rotatable bonds is 7. The standard InChI is InChI=1S/C32H30F7N7O3/c1-17-6-9-46(44-17)24-13-19(18-3-5-22(33)21(12-18)31(34,35)36)2-4-20(24)27(32(37,38)39)49-26-14-25(42-29(40)43-26)45-10-7-30(8-11-45)15-23(28(47)48)41-16-30/h2-6,9,12-14,23,27,41H,7-8,10-11,15-16H2,1H3,(H,47,48)(H2,40,42,43). The predicted octanol–water partition coefficient (Wildman–Crippen LogP) is 6.09. The number of carboxylic acid groups (broad SMARTS) is 1. The molecule has 2 aromatic carbocycles. The molecule has 0 aliphatic carbocycles. The van der Waals surface area contributed by atoms with Gasteiger partial charge in [-0.2, -0.15) is 41.4 Å². The molecular weight excluding hydrogens is 663 g/mol. The van der Waals surface area contributed by atoms with Gasteiger partial charge < -0.3 is 25.8 Å². The maximum Gasteiger partial charge on any atom is 0.429 e. The number of nitrogens with zero attached hydrogens (tertiary/aromatic N) is 5. The van der Waals surface area contributed by atoms with Gasteiger partial charge in [0.15, 0.2) is 0 Å². The highest BCUT2D eigenvalue weighted by Gasteiger charge is 2.46. The van der Waals surface area contributed by atoms with E-state index in [0.29, 0.717) is 56.7 Å². The topological polar surface area (TPSA) is 131 Å². The van der Waals surface area contributed by atoms with Gasteiger partial charge in [-0.15, -0.1) is 0 Å². The first kappa shape index (κ1) is 34.0. The first-order valence-corrected chi connectivity index (χ1v) is 15.1. The van der Waals surface area contributed by atoms with Crippen LogP contribution < -0.4 is 20.7 Å². The van der Waals surface area contributed by atoms with Gasteiger partial charge in [-0.1, -0.05) is 18.2 Å². The highest BCUT2D eigenvalue weighted by atomic mass is 19.4. The van der Waals surface area contributed by atoms with Crippen LogP contribution in [0.3, 0.4) is 0 Å². The monoisotopic (exact) mass is 693 g/mol. The molecule has 0 radical (unpaired) electrons. The summed E-state index contributed by atoms with van der Waals surface area (Å²) in [4.78, 5) is 21.4. The summed E-state index contributed by atoms with van der Waals surface area (Å²) in [5, 5.41) is 16.6. The summed E-state index contributed by atoms with van der Waals surface area (Å²) in [5.74, 6) is -2.99. The lowest BCUT2D eigenvalue weighted by Crippen LogP contribution is -2.41. The number of hydrogen-bond donors (Lipinski definition) is 3. The number of alkyl halides is 6. The fraction of sp³-hybridized carbons (Fsp3) is 0.375. The molecule has 0 bridgehead atoms. The fourth-order valence-electron chi connectivity index (χ4n) is 6.38. The summed E-state index contributed by atoms with van der Waals surface area (Å²) in [6.07, 6.45) is -9.57. The van der Waals surface area contributed by atoms with Crippen LogP contribution in [0, 0.1) is 18.2 Å². The second-order valence-corrected chi connectivity index (χ2v) is 12.3. The van der Waals surface area contributed by atoms with Crippen molar-refractivity contribution in [3.05, 3.63) is 77.4 Å². The number of benzene rings is 2. The molecule has 0 amide bonds. The molecule has 2 aromatic heterocycles. The molecule has 4 heterocycles. The van der Waals surface area contributed by atoms with Crippen molar-refractivity contribution >= 4 is 17.7 Å². The lowest BCUT2D eigenvalue weighted by molar-refractivity contribution is -0.198. The number of carboxylic acids is 1. The van der Waals surface area contributed by atoms with Crippen molar-refractivity contribution in [2.75, 3.05) is 30.3 Å². The number of anilines is 2. The van der Waals surface area contributed by atoms with E-state index in [1.807, 2.05) is 4.90 Å². The van der Waals surface area contributed by atoms with Crippen LogP contribution in [-0.4, -0.2) is 62.7 Å². The van der Waals surface area contributed by atoms with Crippen LogP contribution in [0.1, 0.15) is 42.2 Å². The average molecular weight is 694 g/mol. The normalized spacial score (nSPS) is 18.5. The third kappa shape index (κ3) is 7.11. The summed E-state index contributed by atoms with van der Waals surface area (Å²) in [6.45, 7) is 3.02. The Labute approximate surface area is 274 Å². The van der Waals surface area contributed by atoms with Crippen LogP contribution in [0.5, 0.6) is 5.88 Å². The molecule has 4 aromatic rings. The van der Waals surface area contributed by atoms with Crippen LogP contribution in [0.4, 0.5) is 42.5 Å². The molecule has 6 rings (SSSR count). The highest BCUT2D eigenvalue weighted by Crippen LogP contribution is 2.43. The van der Waals surface area contributed by atoms with Gasteiger partial charge in [0.2, 0.25) is 17.9 Å². The Morgan fingerprint density at radius 1 is 1.04 bits per heavy atom. The van der Waals surface area contributed by atoms with Crippen LogP contribution in [0.15, 0.2) is 54.7 Å². The van der Waals surface area contributed by atoms with Gasteiger partial charge in [0, 0.05) is 37.5 Å². The first-order chi connectivity index (χ1) is 23.0. The van der Waals surface area contributed by atoms with Crippen LogP contribution in [-0.2, 0) is 11.0 Å². The summed E-state index contributed by atoms with van der Waals surface area (Å²) in [6, 6.07) is 7.91. The zero-order valence-electron chi connectivity index (χ0n) is 25.8. The van der Waals surface area contributed by atoms with Gasteiger partial charge in [-0.3, -0.25) is 4.79 Å². The van der Waals surface area contributed by atoms with Crippen molar-refractivity contribution in [2.24, 2.45) is 5.41 Å². The van der Waals surface area contributed by atoms with Crippen molar-refractivity contribution in [2.45, 2.75) is 50.7 Å². The van der Waals surface area contributed by atoms with E-state index in [-0.39, 0.29) is 34.0 Å². The van der Waals surface area contributed by atoms with E-state index in [1.54, 1.807) is 6.92 Å². The smallest absolute Gasteiger partial charge is 0.429 e. The molecule has 49 heavy (non-hydrogen) atoms. The Morgan fingerprint density at radius 3 is 2.35 bits per heavy atom. The van der Waals surface area contributed by atoms with E-state index in [1.165, 1.54) is 30.5 Å². The number of carbonyl (C=O) groups is 1. The molecule has 17 heteroatoms. The van der Waals surface area contributed by atoms with Crippen molar-refractivity contribution in [3.63, 3.8) is 0 Å². The predicted molar refractivity (Wildman–Crippen MR) is 162 cm³/mol. The zero-order valence-corrected chi connectivity index (χ0v) is 25.8. The van der Waals surface area contributed by atoms with Gasteiger partial charge in [0.05, 0.1) is 16.9 Å². The first-order valence-electron chi connectivity index (χ1n) is 15.1. The van der Waals surface area contributed by atoms with Crippen molar-refractivity contribution < 1.29 is 45.4 Å². The Hall–Kier alpha value is -4.93. The molecule has 2 unspecified atom stereocenters. The number of aryl methyl sites for hydroxylation is 1. The molecule has 260 valence electrons. The number of aromatic nitrogens is 4. The van der Waals surface area contributed by atoms with Crippen LogP contribution >= 0.6 is 0 Å². The molecule has 2 aliphatic heterocycles. The van der Waals surface area contributed by atoms with E-state index in [2.05, 4.69) is 20.4 Å². The van der Waals surface area contributed by atoms with Crippen LogP contribution in [0.25, 0.3) is 16.8 Å². The maximum atomic E-state index is 14.8. The molecule has 2 fully saturated rings.